The smallest absolute Gasteiger partial charge is 0.202 e. The zero-order chi connectivity index (χ0) is 11.0. The van der Waals surface area contributed by atoms with Crippen LogP contribution in [0.1, 0.15) is 35.2 Å². The minimum atomic E-state index is 0.636. The summed E-state index contributed by atoms with van der Waals surface area (Å²) in [6.45, 7) is 2.83. The number of hydrogen-bond donors (Lipinski definition) is 1. The molecule has 1 aliphatic rings. The number of hydrogen-bond acceptors (Lipinski definition) is 6. The van der Waals surface area contributed by atoms with Crippen molar-refractivity contribution in [2.45, 2.75) is 32.2 Å². The van der Waals surface area contributed by atoms with Crippen LogP contribution in [-0.4, -0.2) is 14.3 Å². The van der Waals surface area contributed by atoms with E-state index in [1.807, 2.05) is 12.4 Å². The van der Waals surface area contributed by atoms with Crippen molar-refractivity contribution in [1.29, 1.82) is 0 Å². The lowest BCUT2D eigenvalue weighted by Gasteiger charge is -1.99. The fraction of sp³-hybridized carbons (Fsp3) is 0.500. The maximum absolute atomic E-state index is 4.48. The van der Waals surface area contributed by atoms with Crippen molar-refractivity contribution in [2.24, 2.45) is 0 Å². The van der Waals surface area contributed by atoms with Crippen molar-refractivity contribution in [1.82, 2.24) is 14.3 Å². The average molecular weight is 252 g/mol. The van der Waals surface area contributed by atoms with Crippen LogP contribution in [0.25, 0.3) is 0 Å². The highest BCUT2D eigenvalue weighted by atomic mass is 32.1. The predicted molar refractivity (Wildman–Crippen MR) is 66.1 cm³/mol. The molecule has 0 amide bonds. The molecule has 0 aliphatic heterocycles. The molecule has 1 aliphatic carbocycles. The van der Waals surface area contributed by atoms with Crippen LogP contribution in [-0.2, 0) is 6.54 Å². The topological polar surface area (TPSA) is 50.7 Å². The molecule has 1 N–H and O–H groups in total. The molecule has 2 heterocycles. The third-order valence-electron chi connectivity index (χ3n) is 2.63. The largest absolute Gasteiger partial charge is 0.355 e. The molecule has 1 fully saturated rings. The molecule has 0 atom stereocenters. The second kappa shape index (κ2) is 4.10. The third kappa shape index (κ3) is 2.08. The van der Waals surface area contributed by atoms with Crippen LogP contribution in [0.5, 0.6) is 0 Å². The van der Waals surface area contributed by atoms with Gasteiger partial charge in [0.2, 0.25) is 5.13 Å². The lowest BCUT2D eigenvalue weighted by Crippen LogP contribution is -1.98. The number of aromatic nitrogens is 3. The third-order valence-corrected chi connectivity index (χ3v) is 4.25. The Balaban J connectivity index is 1.63. The molecular formula is C10H12N4S2. The summed E-state index contributed by atoms with van der Waals surface area (Å²) in [6, 6.07) is 0. The molecule has 0 unspecified atom stereocenters. The van der Waals surface area contributed by atoms with E-state index in [0.717, 1.165) is 23.2 Å². The van der Waals surface area contributed by atoms with Gasteiger partial charge in [0.25, 0.3) is 0 Å². The van der Waals surface area contributed by atoms with Gasteiger partial charge in [0.15, 0.2) is 0 Å². The first kappa shape index (κ1) is 10.2. The van der Waals surface area contributed by atoms with E-state index in [1.54, 1.807) is 11.3 Å². The first-order chi connectivity index (χ1) is 7.83. The normalized spacial score (nSPS) is 15.3. The molecule has 84 valence electrons. The molecular weight excluding hydrogens is 240 g/mol. The monoisotopic (exact) mass is 252 g/mol. The van der Waals surface area contributed by atoms with Crippen molar-refractivity contribution in [3.63, 3.8) is 0 Å². The molecule has 2 aromatic rings. The molecule has 0 saturated heterocycles. The summed E-state index contributed by atoms with van der Waals surface area (Å²) < 4.78 is 4.36. The Hall–Kier alpha value is -1.01. The van der Waals surface area contributed by atoms with Crippen LogP contribution < -0.4 is 5.32 Å². The number of aryl methyl sites for hydroxylation is 1. The van der Waals surface area contributed by atoms with Crippen molar-refractivity contribution in [3.05, 3.63) is 21.9 Å². The lowest BCUT2D eigenvalue weighted by molar-refractivity contribution is 0.980. The summed E-state index contributed by atoms with van der Waals surface area (Å²) in [6.07, 6.45) is 2.51. The Morgan fingerprint density at radius 1 is 1.50 bits per heavy atom. The summed E-state index contributed by atoms with van der Waals surface area (Å²) >= 11 is 3.13. The van der Waals surface area contributed by atoms with E-state index < -0.39 is 0 Å². The molecule has 16 heavy (non-hydrogen) atoms. The van der Waals surface area contributed by atoms with Gasteiger partial charge in [0.1, 0.15) is 5.82 Å². The Bertz CT molecular complexity index is 486. The van der Waals surface area contributed by atoms with Crippen LogP contribution >= 0.6 is 22.9 Å². The Kier molecular flexibility index (Phi) is 2.61. The quantitative estimate of drug-likeness (QED) is 0.909. The van der Waals surface area contributed by atoms with E-state index in [1.165, 1.54) is 29.3 Å². The van der Waals surface area contributed by atoms with Crippen molar-refractivity contribution in [2.75, 3.05) is 5.32 Å². The molecule has 3 rings (SSSR count). The summed E-state index contributed by atoms with van der Waals surface area (Å²) in [5.41, 5.74) is 2.98. The molecule has 4 nitrogen and oxygen atoms in total. The van der Waals surface area contributed by atoms with Crippen LogP contribution in [0, 0.1) is 6.92 Å². The fourth-order valence-electron chi connectivity index (χ4n) is 1.47. The van der Waals surface area contributed by atoms with Crippen LogP contribution in [0.3, 0.4) is 0 Å². The fourth-order valence-corrected chi connectivity index (χ4v) is 2.82. The van der Waals surface area contributed by atoms with Crippen LogP contribution in [0.4, 0.5) is 5.13 Å². The zero-order valence-electron chi connectivity index (χ0n) is 8.93. The molecule has 0 spiro atoms. The average Bonchev–Trinajstić information content (AvgIpc) is 2.89. The minimum absolute atomic E-state index is 0.636. The number of nitrogens with zero attached hydrogens (tertiary/aromatic N) is 3. The SMILES string of the molecule is Cc1ncsc1CNc1nc(C2CC2)ns1. The lowest BCUT2D eigenvalue weighted by atomic mass is 10.4. The van der Waals surface area contributed by atoms with Gasteiger partial charge < -0.3 is 5.32 Å². The molecule has 6 heteroatoms. The zero-order valence-corrected chi connectivity index (χ0v) is 10.6. The van der Waals surface area contributed by atoms with E-state index in [0.29, 0.717) is 5.92 Å². The maximum Gasteiger partial charge on any atom is 0.202 e. The van der Waals surface area contributed by atoms with Gasteiger partial charge in [-0.2, -0.15) is 4.37 Å². The van der Waals surface area contributed by atoms with Gasteiger partial charge in [-0.15, -0.1) is 11.3 Å². The van der Waals surface area contributed by atoms with E-state index >= 15 is 0 Å². The van der Waals surface area contributed by atoms with Gasteiger partial charge in [-0.25, -0.2) is 9.97 Å². The highest BCUT2D eigenvalue weighted by Crippen LogP contribution is 2.39. The molecule has 2 aromatic heterocycles. The van der Waals surface area contributed by atoms with Crippen molar-refractivity contribution >= 4 is 28.0 Å². The van der Waals surface area contributed by atoms with Crippen molar-refractivity contribution < 1.29 is 0 Å². The minimum Gasteiger partial charge on any atom is -0.355 e. The Morgan fingerprint density at radius 3 is 3.06 bits per heavy atom. The summed E-state index contributed by atoms with van der Waals surface area (Å²) in [5, 5.41) is 4.23. The highest BCUT2D eigenvalue weighted by Gasteiger charge is 2.27. The number of anilines is 1. The summed E-state index contributed by atoms with van der Waals surface area (Å²) in [5.74, 6) is 1.66. The first-order valence-electron chi connectivity index (χ1n) is 5.29. The summed E-state index contributed by atoms with van der Waals surface area (Å²) in [4.78, 5) is 9.97. The number of rotatable bonds is 4. The van der Waals surface area contributed by atoms with E-state index in [9.17, 15) is 0 Å². The second-order valence-electron chi connectivity index (χ2n) is 3.95. The Labute approximate surface area is 102 Å². The molecule has 0 aromatic carbocycles. The molecule has 0 radical (unpaired) electrons. The van der Waals surface area contributed by atoms with Gasteiger partial charge in [-0.3, -0.25) is 0 Å². The number of thiazole rings is 1. The van der Waals surface area contributed by atoms with Crippen molar-refractivity contribution in [3.8, 4) is 0 Å². The number of nitrogens with one attached hydrogen (secondary N) is 1. The molecule has 1 saturated carbocycles. The standard InChI is InChI=1S/C10H12N4S2/c1-6-8(15-5-12-6)4-11-10-13-9(14-16-10)7-2-3-7/h5,7H,2-4H2,1H3,(H,11,13,14). The van der Waals surface area contributed by atoms with E-state index in [-0.39, 0.29) is 0 Å². The van der Waals surface area contributed by atoms with Gasteiger partial charge in [0.05, 0.1) is 17.7 Å². The maximum atomic E-state index is 4.48. The predicted octanol–water partition coefficient (Wildman–Crippen LogP) is 2.79. The first-order valence-corrected chi connectivity index (χ1v) is 6.94. The van der Waals surface area contributed by atoms with Crippen LogP contribution in [0.15, 0.2) is 5.51 Å². The second-order valence-corrected chi connectivity index (χ2v) is 5.64. The Morgan fingerprint density at radius 2 is 2.38 bits per heavy atom. The van der Waals surface area contributed by atoms with Crippen LogP contribution in [0.2, 0.25) is 0 Å². The van der Waals surface area contributed by atoms with Gasteiger partial charge in [0, 0.05) is 22.3 Å². The van der Waals surface area contributed by atoms with Gasteiger partial charge in [-0.1, -0.05) is 0 Å². The highest BCUT2D eigenvalue weighted by molar-refractivity contribution is 7.10. The van der Waals surface area contributed by atoms with E-state index in [4.69, 9.17) is 0 Å². The summed E-state index contributed by atoms with van der Waals surface area (Å²) in [7, 11) is 0. The van der Waals surface area contributed by atoms with E-state index in [2.05, 4.69) is 19.7 Å². The van der Waals surface area contributed by atoms with Gasteiger partial charge >= 0.3 is 0 Å². The molecule has 0 bridgehead atoms. The van der Waals surface area contributed by atoms with Gasteiger partial charge in [-0.05, 0) is 19.8 Å².